The van der Waals surface area contributed by atoms with Crippen LogP contribution in [0.3, 0.4) is 0 Å². The van der Waals surface area contributed by atoms with Gasteiger partial charge in [0.15, 0.2) is 5.78 Å². The summed E-state index contributed by atoms with van der Waals surface area (Å²) >= 11 is 0. The maximum Gasteiger partial charge on any atom is 0.213 e. The van der Waals surface area contributed by atoms with E-state index in [2.05, 4.69) is 5.32 Å². The molecule has 1 unspecified atom stereocenters. The number of hydrogen-bond acceptors (Lipinski definition) is 4. The van der Waals surface area contributed by atoms with Crippen LogP contribution in [-0.2, 0) is 11.3 Å². The van der Waals surface area contributed by atoms with Gasteiger partial charge in [-0.15, -0.1) is 0 Å². The first kappa shape index (κ1) is 16.8. The highest BCUT2D eigenvalue weighted by molar-refractivity contribution is 5.95. The van der Waals surface area contributed by atoms with Gasteiger partial charge in [-0.1, -0.05) is 54.6 Å². The topological polar surface area (TPSA) is 58.6 Å². The van der Waals surface area contributed by atoms with Crippen molar-refractivity contribution < 1.29 is 14.6 Å². The Kier molecular flexibility index (Phi) is 5.41. The second kappa shape index (κ2) is 7.71. The Morgan fingerprint density at radius 2 is 1.92 bits per heavy atom. The van der Waals surface area contributed by atoms with Gasteiger partial charge in [0.25, 0.3) is 0 Å². The fourth-order valence-corrected chi connectivity index (χ4v) is 3.06. The maximum atomic E-state index is 11.7. The maximum absolute atomic E-state index is 11.7. The summed E-state index contributed by atoms with van der Waals surface area (Å²) in [6.07, 6.45) is 0.0531. The van der Waals surface area contributed by atoms with Crippen molar-refractivity contribution in [1.29, 1.82) is 0 Å². The highest BCUT2D eigenvalue weighted by atomic mass is 16.6. The molecule has 1 saturated carbocycles. The number of ether oxygens (including phenoxy) is 1. The van der Waals surface area contributed by atoms with Crippen molar-refractivity contribution in [3.8, 4) is 0 Å². The Bertz CT molecular complexity index is 686. The van der Waals surface area contributed by atoms with E-state index >= 15 is 0 Å². The number of rotatable bonds is 8. The van der Waals surface area contributed by atoms with Crippen LogP contribution in [0.4, 0.5) is 0 Å². The van der Waals surface area contributed by atoms with Gasteiger partial charge >= 0.3 is 0 Å². The van der Waals surface area contributed by atoms with Gasteiger partial charge in [0, 0.05) is 12.1 Å². The number of aliphatic hydroxyl groups is 1. The summed E-state index contributed by atoms with van der Waals surface area (Å²) in [6, 6.07) is 17.6. The van der Waals surface area contributed by atoms with Crippen molar-refractivity contribution in [2.45, 2.75) is 32.3 Å². The third kappa shape index (κ3) is 4.29. The number of nitrogens with one attached hydrogen (secondary N) is 1. The first-order valence-electron chi connectivity index (χ1n) is 8.32. The molecule has 0 aliphatic heterocycles. The van der Waals surface area contributed by atoms with E-state index in [1.807, 2.05) is 54.6 Å². The minimum atomic E-state index is -0.977. The zero-order valence-electron chi connectivity index (χ0n) is 13.8. The molecule has 4 heteroatoms. The SMILES string of the molecule is CC(=O)c1ccccc1[C@H]1C[C@@H]1CNC(O)OCc1ccccc1. The summed E-state index contributed by atoms with van der Waals surface area (Å²) < 4.78 is 5.40. The largest absolute Gasteiger partial charge is 0.356 e. The number of aliphatic hydroxyl groups excluding tert-OH is 1. The molecule has 126 valence electrons. The fraction of sp³-hybridized carbons (Fsp3) is 0.350. The summed E-state index contributed by atoms with van der Waals surface area (Å²) in [5, 5.41) is 12.9. The van der Waals surface area contributed by atoms with E-state index < -0.39 is 6.41 Å². The van der Waals surface area contributed by atoms with Crippen molar-refractivity contribution in [2.24, 2.45) is 5.92 Å². The zero-order valence-corrected chi connectivity index (χ0v) is 13.8. The Hall–Kier alpha value is -2.01. The van der Waals surface area contributed by atoms with E-state index in [4.69, 9.17) is 4.74 Å². The Morgan fingerprint density at radius 1 is 1.21 bits per heavy atom. The fourth-order valence-electron chi connectivity index (χ4n) is 3.06. The predicted molar refractivity (Wildman–Crippen MR) is 92.5 cm³/mol. The quantitative estimate of drug-likeness (QED) is 0.578. The molecule has 1 fully saturated rings. The zero-order chi connectivity index (χ0) is 16.9. The lowest BCUT2D eigenvalue weighted by atomic mass is 9.99. The molecule has 0 aromatic heterocycles. The number of hydrogen-bond donors (Lipinski definition) is 2. The van der Waals surface area contributed by atoms with Gasteiger partial charge < -0.3 is 9.84 Å². The molecule has 0 heterocycles. The Labute approximate surface area is 142 Å². The van der Waals surface area contributed by atoms with Crippen LogP contribution >= 0.6 is 0 Å². The molecular formula is C20H23NO3. The average Bonchev–Trinajstić information content (AvgIpc) is 3.38. The van der Waals surface area contributed by atoms with E-state index in [0.717, 1.165) is 23.1 Å². The summed E-state index contributed by atoms with van der Waals surface area (Å²) in [5.74, 6) is 0.926. The second-order valence-corrected chi connectivity index (χ2v) is 6.30. The molecule has 0 amide bonds. The third-order valence-corrected chi connectivity index (χ3v) is 4.47. The van der Waals surface area contributed by atoms with E-state index in [0.29, 0.717) is 25.0 Å². The Balaban J connectivity index is 1.45. The van der Waals surface area contributed by atoms with Crippen molar-refractivity contribution in [3.63, 3.8) is 0 Å². The van der Waals surface area contributed by atoms with Crippen molar-refractivity contribution >= 4 is 5.78 Å². The summed E-state index contributed by atoms with van der Waals surface area (Å²) in [4.78, 5) is 11.7. The van der Waals surface area contributed by atoms with Crippen molar-refractivity contribution in [3.05, 3.63) is 71.3 Å². The first-order chi connectivity index (χ1) is 11.6. The van der Waals surface area contributed by atoms with Gasteiger partial charge in [0.1, 0.15) is 0 Å². The minimum Gasteiger partial charge on any atom is -0.356 e. The van der Waals surface area contributed by atoms with Gasteiger partial charge in [-0.05, 0) is 36.3 Å². The monoisotopic (exact) mass is 325 g/mol. The van der Waals surface area contributed by atoms with Crippen LogP contribution in [0.25, 0.3) is 0 Å². The molecule has 24 heavy (non-hydrogen) atoms. The highest BCUT2D eigenvalue weighted by Gasteiger charge is 2.39. The van der Waals surface area contributed by atoms with Gasteiger partial charge in [-0.2, -0.15) is 0 Å². The number of benzene rings is 2. The Morgan fingerprint density at radius 3 is 2.67 bits per heavy atom. The lowest BCUT2D eigenvalue weighted by molar-refractivity contribution is -0.128. The molecule has 2 aromatic rings. The van der Waals surface area contributed by atoms with Gasteiger partial charge in [-0.25, -0.2) is 0 Å². The smallest absolute Gasteiger partial charge is 0.213 e. The molecule has 0 saturated heterocycles. The normalized spacial score (nSPS) is 20.6. The van der Waals surface area contributed by atoms with Crippen LogP contribution in [0.1, 0.15) is 40.7 Å². The van der Waals surface area contributed by atoms with E-state index in [9.17, 15) is 9.90 Å². The predicted octanol–water partition coefficient (Wildman–Crippen LogP) is 3.08. The molecular weight excluding hydrogens is 302 g/mol. The van der Waals surface area contributed by atoms with Crippen molar-refractivity contribution in [1.82, 2.24) is 5.32 Å². The number of ketones is 1. The standard InChI is InChI=1S/C20H23NO3/c1-14(22)17-9-5-6-10-18(17)19-11-16(19)12-21-20(23)24-13-15-7-3-2-4-8-15/h2-10,16,19-21,23H,11-13H2,1H3/t16-,19+,20?/m1/s1. The number of Topliss-reactive ketones (excluding diaryl/α,β-unsaturated/α-hetero) is 1. The lowest BCUT2D eigenvalue weighted by Crippen LogP contribution is -2.33. The van der Waals surface area contributed by atoms with E-state index in [-0.39, 0.29) is 5.78 Å². The van der Waals surface area contributed by atoms with Gasteiger partial charge in [-0.3, -0.25) is 10.1 Å². The highest BCUT2D eigenvalue weighted by Crippen LogP contribution is 2.48. The molecule has 0 spiro atoms. The molecule has 3 rings (SSSR count). The molecule has 1 aliphatic carbocycles. The number of carbonyl (C=O) groups is 1. The summed E-state index contributed by atoms with van der Waals surface area (Å²) in [6.45, 7) is 2.65. The molecule has 0 bridgehead atoms. The summed E-state index contributed by atoms with van der Waals surface area (Å²) in [7, 11) is 0. The first-order valence-corrected chi connectivity index (χ1v) is 8.32. The second-order valence-electron chi connectivity index (χ2n) is 6.30. The van der Waals surface area contributed by atoms with Gasteiger partial charge in [0.05, 0.1) is 6.61 Å². The van der Waals surface area contributed by atoms with Crippen LogP contribution in [-0.4, -0.2) is 23.8 Å². The van der Waals surface area contributed by atoms with Crippen LogP contribution in [0.5, 0.6) is 0 Å². The van der Waals surface area contributed by atoms with E-state index in [1.54, 1.807) is 6.92 Å². The van der Waals surface area contributed by atoms with Crippen LogP contribution < -0.4 is 5.32 Å². The van der Waals surface area contributed by atoms with Crippen LogP contribution in [0.15, 0.2) is 54.6 Å². The van der Waals surface area contributed by atoms with Crippen LogP contribution in [0.2, 0.25) is 0 Å². The molecule has 0 radical (unpaired) electrons. The lowest BCUT2D eigenvalue weighted by Gasteiger charge is -2.14. The molecule has 3 atom stereocenters. The van der Waals surface area contributed by atoms with E-state index in [1.165, 1.54) is 0 Å². The molecule has 2 N–H and O–H groups in total. The molecule has 4 nitrogen and oxygen atoms in total. The average molecular weight is 325 g/mol. The minimum absolute atomic E-state index is 0.107. The molecule has 1 aliphatic rings. The van der Waals surface area contributed by atoms with Gasteiger partial charge in [0.2, 0.25) is 6.41 Å². The molecule has 2 aromatic carbocycles. The summed E-state index contributed by atoms with van der Waals surface area (Å²) in [5.41, 5.74) is 2.96. The third-order valence-electron chi connectivity index (χ3n) is 4.47. The van der Waals surface area contributed by atoms with Crippen molar-refractivity contribution in [2.75, 3.05) is 6.54 Å². The number of carbonyl (C=O) groups excluding carboxylic acids is 1. The van der Waals surface area contributed by atoms with Crippen LogP contribution in [0, 0.1) is 5.92 Å².